The number of pyridine rings is 1. The standard InChI is InChI=1S/C18H28N6/c1-18(2,3)24-14-15(12-21-24)11-19-16-5-6-17(20-13-16)23-9-7-22(4)8-10-23/h5-6,12-14,19H,7-11H2,1-4H3. The van der Waals surface area contributed by atoms with Gasteiger partial charge in [0.15, 0.2) is 0 Å². The van der Waals surface area contributed by atoms with E-state index in [1.54, 1.807) is 0 Å². The van der Waals surface area contributed by atoms with Crippen LogP contribution in [0.2, 0.25) is 0 Å². The molecule has 24 heavy (non-hydrogen) atoms. The van der Waals surface area contributed by atoms with Crippen LogP contribution < -0.4 is 10.2 Å². The topological polar surface area (TPSA) is 49.2 Å². The number of hydrogen-bond donors (Lipinski definition) is 1. The van der Waals surface area contributed by atoms with Gasteiger partial charge in [-0.3, -0.25) is 4.68 Å². The SMILES string of the molecule is CN1CCN(c2ccc(NCc3cnn(C(C)(C)C)c3)cn2)CC1. The van der Waals surface area contributed by atoms with Crippen LogP contribution in [0.4, 0.5) is 11.5 Å². The first-order chi connectivity index (χ1) is 11.4. The highest BCUT2D eigenvalue weighted by Gasteiger charge is 2.15. The summed E-state index contributed by atoms with van der Waals surface area (Å²) in [6.07, 6.45) is 5.94. The first-order valence-electron chi connectivity index (χ1n) is 8.59. The van der Waals surface area contributed by atoms with Crippen LogP contribution in [-0.4, -0.2) is 52.9 Å². The number of piperazine rings is 1. The number of hydrogen-bond acceptors (Lipinski definition) is 5. The minimum Gasteiger partial charge on any atom is -0.380 e. The molecule has 0 aromatic carbocycles. The minimum absolute atomic E-state index is 0.0178. The largest absolute Gasteiger partial charge is 0.380 e. The van der Waals surface area contributed by atoms with Crippen LogP contribution >= 0.6 is 0 Å². The molecular weight excluding hydrogens is 300 g/mol. The maximum atomic E-state index is 4.61. The average Bonchev–Trinajstić information content (AvgIpc) is 3.04. The lowest BCUT2D eigenvalue weighted by atomic mass is 10.1. The summed E-state index contributed by atoms with van der Waals surface area (Å²) in [5.74, 6) is 1.06. The number of nitrogens with zero attached hydrogens (tertiary/aromatic N) is 5. The molecule has 0 spiro atoms. The van der Waals surface area contributed by atoms with Crippen LogP contribution in [0, 0.1) is 0 Å². The lowest BCUT2D eigenvalue weighted by Gasteiger charge is -2.33. The van der Waals surface area contributed by atoms with E-state index in [0.29, 0.717) is 0 Å². The molecule has 6 nitrogen and oxygen atoms in total. The van der Waals surface area contributed by atoms with Crippen molar-refractivity contribution in [2.45, 2.75) is 32.9 Å². The Morgan fingerprint density at radius 3 is 2.42 bits per heavy atom. The third-order valence-corrected chi connectivity index (χ3v) is 4.40. The van der Waals surface area contributed by atoms with Crippen molar-refractivity contribution >= 4 is 11.5 Å². The number of anilines is 2. The second-order valence-electron chi connectivity index (χ2n) is 7.51. The van der Waals surface area contributed by atoms with E-state index < -0.39 is 0 Å². The van der Waals surface area contributed by atoms with Gasteiger partial charge in [0.25, 0.3) is 0 Å². The van der Waals surface area contributed by atoms with E-state index in [-0.39, 0.29) is 5.54 Å². The van der Waals surface area contributed by atoms with Gasteiger partial charge in [0.05, 0.1) is 23.6 Å². The Hall–Kier alpha value is -2.08. The lowest BCUT2D eigenvalue weighted by Crippen LogP contribution is -2.44. The molecule has 0 atom stereocenters. The fraction of sp³-hybridized carbons (Fsp3) is 0.556. The Labute approximate surface area is 144 Å². The molecule has 0 amide bonds. The molecule has 0 bridgehead atoms. The van der Waals surface area contributed by atoms with E-state index >= 15 is 0 Å². The third-order valence-electron chi connectivity index (χ3n) is 4.40. The predicted molar refractivity (Wildman–Crippen MR) is 98.5 cm³/mol. The van der Waals surface area contributed by atoms with Gasteiger partial charge in [-0.05, 0) is 40.0 Å². The quantitative estimate of drug-likeness (QED) is 0.934. The van der Waals surface area contributed by atoms with Gasteiger partial charge < -0.3 is 15.1 Å². The summed E-state index contributed by atoms with van der Waals surface area (Å²) in [7, 11) is 2.17. The summed E-state index contributed by atoms with van der Waals surface area (Å²) < 4.78 is 2.00. The first kappa shape index (κ1) is 16.8. The zero-order valence-electron chi connectivity index (χ0n) is 15.2. The minimum atomic E-state index is 0.0178. The van der Waals surface area contributed by atoms with Gasteiger partial charge in [0.1, 0.15) is 5.82 Å². The zero-order chi connectivity index (χ0) is 17.2. The molecule has 0 radical (unpaired) electrons. The molecular formula is C18H28N6. The molecule has 1 fully saturated rings. The Balaban J connectivity index is 1.55. The lowest BCUT2D eigenvalue weighted by molar-refractivity contribution is 0.312. The molecule has 6 heteroatoms. The third kappa shape index (κ3) is 4.06. The second kappa shape index (κ2) is 6.81. The monoisotopic (exact) mass is 328 g/mol. The number of nitrogens with one attached hydrogen (secondary N) is 1. The summed E-state index contributed by atoms with van der Waals surface area (Å²) in [5, 5.41) is 7.85. The highest BCUT2D eigenvalue weighted by atomic mass is 15.3. The van der Waals surface area contributed by atoms with E-state index in [4.69, 9.17) is 0 Å². The van der Waals surface area contributed by atoms with Crippen molar-refractivity contribution in [1.82, 2.24) is 19.7 Å². The van der Waals surface area contributed by atoms with Crippen LogP contribution in [0.15, 0.2) is 30.7 Å². The van der Waals surface area contributed by atoms with E-state index in [0.717, 1.165) is 44.2 Å². The normalized spacial score (nSPS) is 16.4. The number of aromatic nitrogens is 3. The van der Waals surface area contributed by atoms with Crippen molar-refractivity contribution in [2.24, 2.45) is 0 Å². The highest BCUT2D eigenvalue weighted by molar-refractivity contribution is 5.49. The van der Waals surface area contributed by atoms with Gasteiger partial charge in [-0.1, -0.05) is 0 Å². The molecule has 1 saturated heterocycles. The van der Waals surface area contributed by atoms with Crippen molar-refractivity contribution in [3.8, 4) is 0 Å². The molecule has 3 heterocycles. The van der Waals surface area contributed by atoms with Crippen molar-refractivity contribution in [2.75, 3.05) is 43.4 Å². The Morgan fingerprint density at radius 2 is 1.83 bits per heavy atom. The van der Waals surface area contributed by atoms with Crippen LogP contribution in [0.25, 0.3) is 0 Å². The zero-order valence-corrected chi connectivity index (χ0v) is 15.2. The summed E-state index contributed by atoms with van der Waals surface area (Å²) >= 11 is 0. The van der Waals surface area contributed by atoms with Crippen LogP contribution in [0.3, 0.4) is 0 Å². The highest BCUT2D eigenvalue weighted by Crippen LogP contribution is 2.17. The molecule has 0 unspecified atom stereocenters. The maximum Gasteiger partial charge on any atom is 0.128 e. The first-order valence-corrected chi connectivity index (χ1v) is 8.59. The van der Waals surface area contributed by atoms with Gasteiger partial charge in [-0.15, -0.1) is 0 Å². The smallest absolute Gasteiger partial charge is 0.128 e. The summed E-state index contributed by atoms with van der Waals surface area (Å²) in [6.45, 7) is 11.5. The van der Waals surface area contributed by atoms with Gasteiger partial charge in [0, 0.05) is 44.5 Å². The van der Waals surface area contributed by atoms with E-state index in [9.17, 15) is 0 Å². The number of likely N-dealkylation sites (N-methyl/N-ethyl adjacent to an activating group) is 1. The van der Waals surface area contributed by atoms with Crippen molar-refractivity contribution in [3.05, 3.63) is 36.3 Å². The molecule has 0 saturated carbocycles. The number of rotatable bonds is 4. The van der Waals surface area contributed by atoms with Crippen molar-refractivity contribution in [3.63, 3.8) is 0 Å². The van der Waals surface area contributed by atoms with Crippen LogP contribution in [0.5, 0.6) is 0 Å². The van der Waals surface area contributed by atoms with Gasteiger partial charge in [0.2, 0.25) is 0 Å². The molecule has 2 aromatic heterocycles. The molecule has 1 N–H and O–H groups in total. The fourth-order valence-electron chi connectivity index (χ4n) is 2.74. The van der Waals surface area contributed by atoms with E-state index in [2.05, 4.69) is 71.3 Å². The van der Waals surface area contributed by atoms with Crippen molar-refractivity contribution < 1.29 is 0 Å². The molecule has 1 aliphatic rings. The second-order valence-corrected chi connectivity index (χ2v) is 7.51. The van der Waals surface area contributed by atoms with E-state index in [1.165, 1.54) is 5.56 Å². The van der Waals surface area contributed by atoms with Gasteiger partial charge in [-0.25, -0.2) is 4.98 Å². The predicted octanol–water partition coefficient (Wildman–Crippen LogP) is 2.40. The molecule has 3 rings (SSSR count). The summed E-state index contributed by atoms with van der Waals surface area (Å²) in [6, 6.07) is 4.21. The van der Waals surface area contributed by atoms with Crippen molar-refractivity contribution in [1.29, 1.82) is 0 Å². The Bertz CT molecular complexity index is 647. The Morgan fingerprint density at radius 1 is 1.08 bits per heavy atom. The molecule has 1 aliphatic heterocycles. The average molecular weight is 328 g/mol. The summed E-state index contributed by atoms with van der Waals surface area (Å²) in [5.41, 5.74) is 2.23. The van der Waals surface area contributed by atoms with Gasteiger partial charge in [-0.2, -0.15) is 5.10 Å². The Kier molecular flexibility index (Phi) is 4.76. The van der Waals surface area contributed by atoms with Crippen LogP contribution in [0.1, 0.15) is 26.3 Å². The summed E-state index contributed by atoms with van der Waals surface area (Å²) in [4.78, 5) is 9.30. The van der Waals surface area contributed by atoms with Crippen LogP contribution in [-0.2, 0) is 12.1 Å². The molecule has 2 aromatic rings. The maximum absolute atomic E-state index is 4.61. The molecule has 0 aliphatic carbocycles. The fourth-order valence-corrected chi connectivity index (χ4v) is 2.74. The molecule has 130 valence electrons. The van der Waals surface area contributed by atoms with E-state index in [1.807, 2.05) is 17.1 Å². The van der Waals surface area contributed by atoms with Gasteiger partial charge >= 0.3 is 0 Å².